The number of hydrogen-bond donors (Lipinski definition) is 2. The summed E-state index contributed by atoms with van der Waals surface area (Å²) in [4.78, 5) is 35.5. The molecule has 1 aromatic carbocycles. The summed E-state index contributed by atoms with van der Waals surface area (Å²) < 4.78 is 5.97. The third-order valence-corrected chi connectivity index (χ3v) is 7.56. The van der Waals surface area contributed by atoms with Crippen molar-refractivity contribution in [1.29, 1.82) is 0 Å². The number of hydrogen-bond acceptors (Lipinski definition) is 6. The Balaban J connectivity index is 1.42. The van der Waals surface area contributed by atoms with E-state index in [4.69, 9.17) is 9.72 Å². The van der Waals surface area contributed by atoms with Crippen LogP contribution in [0.15, 0.2) is 34.4 Å². The summed E-state index contributed by atoms with van der Waals surface area (Å²) in [6.45, 7) is 1.35. The van der Waals surface area contributed by atoms with Crippen LogP contribution in [0.4, 0.5) is 5.95 Å². The van der Waals surface area contributed by atoms with E-state index in [1.807, 2.05) is 29.6 Å². The minimum atomic E-state index is -0.137. The van der Waals surface area contributed by atoms with Crippen molar-refractivity contribution in [1.82, 2.24) is 15.3 Å². The number of ether oxygens (including phenoxy) is 1. The van der Waals surface area contributed by atoms with Crippen molar-refractivity contribution in [3.8, 4) is 16.9 Å². The molecular formula is C24H28N4O3S. The Morgan fingerprint density at radius 2 is 2.09 bits per heavy atom. The molecule has 1 atom stereocenters. The van der Waals surface area contributed by atoms with E-state index >= 15 is 0 Å². The highest BCUT2D eigenvalue weighted by Crippen LogP contribution is 2.33. The molecule has 0 spiro atoms. The summed E-state index contributed by atoms with van der Waals surface area (Å²) in [5.74, 6) is 1.37. The highest BCUT2D eigenvalue weighted by Gasteiger charge is 2.29. The maximum absolute atomic E-state index is 12.8. The summed E-state index contributed by atoms with van der Waals surface area (Å²) >= 11 is 1.40. The summed E-state index contributed by atoms with van der Waals surface area (Å²) in [7, 11) is 1.64. The zero-order valence-corrected chi connectivity index (χ0v) is 19.0. The number of carbonyl (C=O) groups is 1. The maximum Gasteiger partial charge on any atom is 0.270 e. The van der Waals surface area contributed by atoms with Crippen LogP contribution >= 0.6 is 11.3 Å². The number of anilines is 1. The largest absolute Gasteiger partial charge is 0.497 e. The normalized spacial score (nSPS) is 19.4. The summed E-state index contributed by atoms with van der Waals surface area (Å²) in [6, 6.07) is 8.10. The third kappa shape index (κ3) is 4.11. The van der Waals surface area contributed by atoms with E-state index in [9.17, 15) is 9.59 Å². The number of carbonyl (C=O) groups excluding carboxylic acids is 1. The van der Waals surface area contributed by atoms with Crippen molar-refractivity contribution in [3.63, 3.8) is 0 Å². The van der Waals surface area contributed by atoms with E-state index in [0.29, 0.717) is 28.8 Å². The van der Waals surface area contributed by atoms with Gasteiger partial charge in [-0.1, -0.05) is 25.0 Å². The van der Waals surface area contributed by atoms with E-state index in [0.717, 1.165) is 49.1 Å². The van der Waals surface area contributed by atoms with Gasteiger partial charge in [0.05, 0.1) is 18.5 Å². The van der Waals surface area contributed by atoms with Crippen molar-refractivity contribution in [3.05, 3.63) is 40.0 Å². The van der Waals surface area contributed by atoms with Crippen molar-refractivity contribution in [2.45, 2.75) is 44.6 Å². The number of nitrogens with zero attached hydrogens (tertiary/aromatic N) is 2. The quantitative estimate of drug-likeness (QED) is 0.612. The number of methoxy groups -OCH3 is 1. The lowest BCUT2D eigenvalue weighted by Crippen LogP contribution is -2.46. The Labute approximate surface area is 190 Å². The molecule has 2 aliphatic rings. The Bertz CT molecular complexity index is 1180. The van der Waals surface area contributed by atoms with Crippen LogP contribution in [0, 0.1) is 5.92 Å². The molecule has 1 amide bonds. The lowest BCUT2D eigenvalue weighted by Gasteiger charge is -2.33. The van der Waals surface area contributed by atoms with Crippen LogP contribution in [-0.2, 0) is 4.79 Å². The Morgan fingerprint density at radius 3 is 2.91 bits per heavy atom. The minimum Gasteiger partial charge on any atom is -0.497 e. The highest BCUT2D eigenvalue weighted by atomic mass is 32.1. The van der Waals surface area contributed by atoms with Gasteiger partial charge in [-0.15, -0.1) is 11.3 Å². The van der Waals surface area contributed by atoms with Gasteiger partial charge >= 0.3 is 0 Å². The van der Waals surface area contributed by atoms with Gasteiger partial charge in [0.1, 0.15) is 10.4 Å². The first-order valence-electron chi connectivity index (χ1n) is 11.3. The van der Waals surface area contributed by atoms with Crippen molar-refractivity contribution >= 4 is 33.4 Å². The summed E-state index contributed by atoms with van der Waals surface area (Å²) in [5, 5.41) is 5.20. The lowest BCUT2D eigenvalue weighted by molar-refractivity contribution is -0.125. The zero-order valence-electron chi connectivity index (χ0n) is 18.2. The van der Waals surface area contributed by atoms with Gasteiger partial charge in [-0.05, 0) is 43.4 Å². The topological polar surface area (TPSA) is 87.3 Å². The number of aromatic amines is 1. The molecule has 0 bridgehead atoms. The molecule has 1 aliphatic carbocycles. The average Bonchev–Trinajstić information content (AvgIpc) is 3.49. The summed E-state index contributed by atoms with van der Waals surface area (Å²) in [6.07, 6.45) is 6.33. The van der Waals surface area contributed by atoms with Crippen molar-refractivity contribution in [2.24, 2.45) is 5.92 Å². The first-order chi connectivity index (χ1) is 15.6. The fourth-order valence-electron chi connectivity index (χ4n) is 4.83. The molecule has 32 heavy (non-hydrogen) atoms. The van der Waals surface area contributed by atoms with Gasteiger partial charge in [0.15, 0.2) is 0 Å². The molecule has 2 N–H and O–H groups in total. The Kier molecular flexibility index (Phi) is 5.87. The molecule has 0 radical (unpaired) electrons. The lowest BCUT2D eigenvalue weighted by atomic mass is 9.97. The van der Waals surface area contributed by atoms with E-state index in [1.165, 1.54) is 24.2 Å². The fraction of sp³-hybridized carbons (Fsp3) is 0.458. The summed E-state index contributed by atoms with van der Waals surface area (Å²) in [5.41, 5.74) is 2.44. The van der Waals surface area contributed by atoms with Gasteiger partial charge in [-0.25, -0.2) is 4.98 Å². The highest BCUT2D eigenvalue weighted by molar-refractivity contribution is 7.17. The van der Waals surface area contributed by atoms with E-state index in [1.54, 1.807) is 7.11 Å². The fourth-order valence-corrected chi connectivity index (χ4v) is 5.74. The molecule has 3 heterocycles. The number of fused-ring (bicyclic) bond motifs is 1. The number of thiophene rings is 1. The molecule has 5 rings (SSSR count). The molecule has 3 aromatic rings. The second-order valence-corrected chi connectivity index (χ2v) is 9.60. The van der Waals surface area contributed by atoms with Gasteiger partial charge in [0.2, 0.25) is 11.9 Å². The van der Waals surface area contributed by atoms with Crippen LogP contribution in [0.25, 0.3) is 21.3 Å². The van der Waals surface area contributed by atoms with E-state index in [-0.39, 0.29) is 17.4 Å². The molecule has 1 aliphatic heterocycles. The smallest absolute Gasteiger partial charge is 0.270 e. The predicted octanol–water partition coefficient (Wildman–Crippen LogP) is 3.94. The van der Waals surface area contributed by atoms with Crippen LogP contribution in [0.5, 0.6) is 5.75 Å². The van der Waals surface area contributed by atoms with Gasteiger partial charge in [-0.3, -0.25) is 14.6 Å². The predicted molar refractivity (Wildman–Crippen MR) is 128 cm³/mol. The Hall–Kier alpha value is -2.87. The number of benzene rings is 1. The maximum atomic E-state index is 12.8. The second-order valence-electron chi connectivity index (χ2n) is 8.72. The van der Waals surface area contributed by atoms with Crippen LogP contribution in [0.1, 0.15) is 38.5 Å². The molecule has 168 valence electrons. The second kappa shape index (κ2) is 8.94. The van der Waals surface area contributed by atoms with Crippen LogP contribution < -0.4 is 20.5 Å². The zero-order chi connectivity index (χ0) is 22.1. The number of amides is 1. The Morgan fingerprint density at radius 1 is 1.25 bits per heavy atom. The van der Waals surface area contributed by atoms with E-state index < -0.39 is 0 Å². The molecular weight excluding hydrogens is 424 g/mol. The SMILES string of the molecule is COc1cccc(-c2csc3c(=O)[nH]c(N4CCC[C@@H](C(=O)NC5CCCC5)C4)nc23)c1. The van der Waals surface area contributed by atoms with Crippen molar-refractivity contribution in [2.75, 3.05) is 25.1 Å². The number of rotatable bonds is 5. The van der Waals surface area contributed by atoms with Crippen LogP contribution in [0.3, 0.4) is 0 Å². The standard InChI is InChI=1S/C24H28N4O3S/c1-31-18-10-4-6-15(12-18)19-14-32-21-20(19)26-24(27-23(21)30)28-11-5-7-16(13-28)22(29)25-17-8-2-3-9-17/h4,6,10,12,14,16-17H,2-3,5,7-9,11,13H2,1H3,(H,25,29)(H,26,27,30)/t16-/m1/s1. The first kappa shape index (κ1) is 21.0. The van der Waals surface area contributed by atoms with Gasteiger partial charge in [0, 0.05) is 30.1 Å². The molecule has 7 nitrogen and oxygen atoms in total. The third-order valence-electron chi connectivity index (χ3n) is 6.59. The molecule has 1 saturated carbocycles. The molecule has 2 aromatic heterocycles. The molecule has 8 heteroatoms. The van der Waals surface area contributed by atoms with E-state index in [2.05, 4.69) is 15.2 Å². The number of nitrogens with one attached hydrogen (secondary N) is 2. The van der Waals surface area contributed by atoms with Gasteiger partial charge < -0.3 is 15.0 Å². The van der Waals surface area contributed by atoms with Gasteiger partial charge in [0.25, 0.3) is 5.56 Å². The van der Waals surface area contributed by atoms with Gasteiger partial charge in [-0.2, -0.15) is 0 Å². The first-order valence-corrected chi connectivity index (χ1v) is 12.2. The number of aromatic nitrogens is 2. The van der Waals surface area contributed by atoms with Crippen molar-refractivity contribution < 1.29 is 9.53 Å². The number of piperidine rings is 1. The minimum absolute atomic E-state index is 0.0781. The molecule has 1 saturated heterocycles. The average molecular weight is 453 g/mol. The molecule has 0 unspecified atom stereocenters. The number of H-pyrrole nitrogens is 1. The van der Waals surface area contributed by atoms with Crippen LogP contribution in [-0.4, -0.2) is 42.1 Å². The molecule has 2 fully saturated rings. The van der Waals surface area contributed by atoms with Crippen LogP contribution in [0.2, 0.25) is 0 Å². The monoisotopic (exact) mass is 452 g/mol.